The van der Waals surface area contributed by atoms with E-state index in [1.807, 2.05) is 12.1 Å². The molecule has 1 nitrogen and oxygen atoms in total. The number of rotatable bonds is 2. The SMILES string of the molecule is Cc1c(F)cccc1-c1ccc(C=O)s1. The third-order valence-corrected chi connectivity index (χ3v) is 3.32. The van der Waals surface area contributed by atoms with E-state index >= 15 is 0 Å². The molecule has 2 aromatic rings. The van der Waals surface area contributed by atoms with E-state index in [2.05, 4.69) is 0 Å². The van der Waals surface area contributed by atoms with E-state index in [9.17, 15) is 9.18 Å². The summed E-state index contributed by atoms with van der Waals surface area (Å²) < 4.78 is 13.3. The molecule has 0 aliphatic carbocycles. The fourth-order valence-corrected chi connectivity index (χ4v) is 2.34. The van der Waals surface area contributed by atoms with E-state index in [1.165, 1.54) is 17.4 Å². The van der Waals surface area contributed by atoms with Crippen LogP contribution in [0.15, 0.2) is 30.3 Å². The second kappa shape index (κ2) is 3.95. The molecule has 15 heavy (non-hydrogen) atoms. The highest BCUT2D eigenvalue weighted by molar-refractivity contribution is 7.17. The first-order valence-electron chi connectivity index (χ1n) is 4.53. The summed E-state index contributed by atoms with van der Waals surface area (Å²) in [7, 11) is 0. The van der Waals surface area contributed by atoms with Gasteiger partial charge in [0, 0.05) is 4.88 Å². The predicted octanol–water partition coefficient (Wildman–Crippen LogP) is 3.68. The third-order valence-electron chi connectivity index (χ3n) is 2.28. The molecular formula is C12H9FOS. The highest BCUT2D eigenvalue weighted by Crippen LogP contribution is 2.30. The summed E-state index contributed by atoms with van der Waals surface area (Å²) in [5.74, 6) is -0.214. The van der Waals surface area contributed by atoms with Crippen LogP contribution in [0.2, 0.25) is 0 Å². The molecule has 0 atom stereocenters. The Kier molecular flexibility index (Phi) is 2.64. The topological polar surface area (TPSA) is 17.1 Å². The van der Waals surface area contributed by atoms with Gasteiger partial charge in [0.05, 0.1) is 4.88 Å². The van der Waals surface area contributed by atoms with Crippen molar-refractivity contribution in [3.63, 3.8) is 0 Å². The Labute approximate surface area is 91.2 Å². The van der Waals surface area contributed by atoms with Crippen LogP contribution in [-0.4, -0.2) is 6.29 Å². The number of thiophene rings is 1. The van der Waals surface area contributed by atoms with Gasteiger partial charge in [-0.15, -0.1) is 11.3 Å². The van der Waals surface area contributed by atoms with Crippen LogP contribution in [0.1, 0.15) is 15.2 Å². The van der Waals surface area contributed by atoms with Gasteiger partial charge in [0.2, 0.25) is 0 Å². The lowest BCUT2D eigenvalue weighted by Gasteiger charge is -2.03. The van der Waals surface area contributed by atoms with Crippen molar-refractivity contribution < 1.29 is 9.18 Å². The van der Waals surface area contributed by atoms with Gasteiger partial charge < -0.3 is 0 Å². The minimum absolute atomic E-state index is 0.214. The smallest absolute Gasteiger partial charge is 0.160 e. The standard InChI is InChI=1S/C12H9FOS/c1-8-10(3-2-4-11(8)13)12-6-5-9(7-14)15-12/h2-7H,1H3. The van der Waals surface area contributed by atoms with Crippen LogP contribution in [-0.2, 0) is 0 Å². The van der Waals surface area contributed by atoms with Gasteiger partial charge in [0.25, 0.3) is 0 Å². The zero-order chi connectivity index (χ0) is 10.8. The van der Waals surface area contributed by atoms with Crippen molar-refractivity contribution in [1.29, 1.82) is 0 Å². The van der Waals surface area contributed by atoms with Crippen LogP contribution < -0.4 is 0 Å². The summed E-state index contributed by atoms with van der Waals surface area (Å²) in [4.78, 5) is 12.1. The maximum absolute atomic E-state index is 13.3. The lowest BCUT2D eigenvalue weighted by molar-refractivity contribution is 0.112. The summed E-state index contributed by atoms with van der Waals surface area (Å²) in [6, 6.07) is 8.57. The lowest BCUT2D eigenvalue weighted by Crippen LogP contribution is -1.84. The van der Waals surface area contributed by atoms with Crippen molar-refractivity contribution in [2.24, 2.45) is 0 Å². The molecule has 0 aliphatic heterocycles. The zero-order valence-corrected chi connectivity index (χ0v) is 8.98. The number of carbonyl (C=O) groups excluding carboxylic acids is 1. The average Bonchev–Trinajstić information content (AvgIpc) is 2.70. The van der Waals surface area contributed by atoms with Crippen LogP contribution in [0.5, 0.6) is 0 Å². The van der Waals surface area contributed by atoms with Gasteiger partial charge in [-0.2, -0.15) is 0 Å². The van der Waals surface area contributed by atoms with E-state index < -0.39 is 0 Å². The fourth-order valence-electron chi connectivity index (χ4n) is 1.44. The quantitative estimate of drug-likeness (QED) is 0.706. The van der Waals surface area contributed by atoms with E-state index in [0.29, 0.717) is 10.4 Å². The Morgan fingerprint density at radius 3 is 2.73 bits per heavy atom. The second-order valence-corrected chi connectivity index (χ2v) is 4.35. The van der Waals surface area contributed by atoms with Crippen LogP contribution in [0, 0.1) is 12.7 Å². The first-order valence-corrected chi connectivity index (χ1v) is 5.34. The van der Waals surface area contributed by atoms with Gasteiger partial charge in [0.1, 0.15) is 5.82 Å². The molecule has 1 heterocycles. The van der Waals surface area contributed by atoms with Crippen molar-refractivity contribution in [1.82, 2.24) is 0 Å². The third kappa shape index (κ3) is 1.83. The summed E-state index contributed by atoms with van der Waals surface area (Å²) in [5.41, 5.74) is 1.48. The fraction of sp³-hybridized carbons (Fsp3) is 0.0833. The maximum Gasteiger partial charge on any atom is 0.160 e. The van der Waals surface area contributed by atoms with Crippen molar-refractivity contribution in [2.75, 3.05) is 0 Å². The molecule has 3 heteroatoms. The molecule has 0 spiro atoms. The van der Waals surface area contributed by atoms with E-state index in [4.69, 9.17) is 0 Å². The second-order valence-electron chi connectivity index (χ2n) is 3.23. The molecule has 0 N–H and O–H groups in total. The number of carbonyl (C=O) groups is 1. The molecular weight excluding hydrogens is 211 g/mol. The minimum Gasteiger partial charge on any atom is -0.297 e. The molecule has 0 amide bonds. The number of hydrogen-bond donors (Lipinski definition) is 0. The van der Waals surface area contributed by atoms with Crippen LogP contribution in [0.4, 0.5) is 4.39 Å². The molecule has 0 bridgehead atoms. The average molecular weight is 220 g/mol. The van der Waals surface area contributed by atoms with Crippen molar-refractivity contribution in [3.8, 4) is 10.4 Å². The number of benzene rings is 1. The minimum atomic E-state index is -0.214. The zero-order valence-electron chi connectivity index (χ0n) is 8.16. The van der Waals surface area contributed by atoms with Crippen molar-refractivity contribution in [2.45, 2.75) is 6.92 Å². The molecule has 1 aromatic heterocycles. The van der Waals surface area contributed by atoms with Gasteiger partial charge in [0.15, 0.2) is 6.29 Å². The molecule has 0 unspecified atom stereocenters. The summed E-state index contributed by atoms with van der Waals surface area (Å²) in [6.07, 6.45) is 0.808. The predicted molar refractivity (Wildman–Crippen MR) is 59.8 cm³/mol. The van der Waals surface area contributed by atoms with Gasteiger partial charge in [-0.05, 0) is 36.2 Å². The summed E-state index contributed by atoms with van der Waals surface area (Å²) in [6.45, 7) is 1.74. The first kappa shape index (κ1) is 10.1. The summed E-state index contributed by atoms with van der Waals surface area (Å²) in [5, 5.41) is 0. The van der Waals surface area contributed by atoms with Crippen LogP contribution in [0.25, 0.3) is 10.4 Å². The first-order chi connectivity index (χ1) is 7.22. The van der Waals surface area contributed by atoms with Gasteiger partial charge in [-0.1, -0.05) is 12.1 Å². The lowest BCUT2D eigenvalue weighted by atomic mass is 10.1. The molecule has 1 aromatic carbocycles. The number of aldehydes is 1. The largest absolute Gasteiger partial charge is 0.297 e. The molecule has 0 fully saturated rings. The van der Waals surface area contributed by atoms with E-state index in [1.54, 1.807) is 19.1 Å². The van der Waals surface area contributed by atoms with Crippen LogP contribution in [0.3, 0.4) is 0 Å². The molecule has 0 saturated carbocycles. The highest BCUT2D eigenvalue weighted by Gasteiger charge is 2.07. The van der Waals surface area contributed by atoms with E-state index in [0.717, 1.165) is 16.7 Å². The number of halogens is 1. The van der Waals surface area contributed by atoms with E-state index in [-0.39, 0.29) is 5.82 Å². The molecule has 76 valence electrons. The normalized spacial score (nSPS) is 10.3. The Morgan fingerprint density at radius 2 is 2.07 bits per heavy atom. The Hall–Kier alpha value is -1.48. The Balaban J connectivity index is 2.53. The molecule has 0 radical (unpaired) electrons. The molecule has 0 saturated heterocycles. The van der Waals surface area contributed by atoms with Crippen molar-refractivity contribution >= 4 is 17.6 Å². The van der Waals surface area contributed by atoms with Gasteiger partial charge in [-0.25, -0.2) is 4.39 Å². The number of hydrogen-bond acceptors (Lipinski definition) is 2. The molecule has 0 aliphatic rings. The summed E-state index contributed by atoms with van der Waals surface area (Å²) >= 11 is 1.37. The van der Waals surface area contributed by atoms with Gasteiger partial charge in [-0.3, -0.25) is 4.79 Å². The molecule has 2 rings (SSSR count). The Morgan fingerprint density at radius 1 is 1.27 bits per heavy atom. The highest BCUT2D eigenvalue weighted by atomic mass is 32.1. The Bertz CT molecular complexity index is 502. The van der Waals surface area contributed by atoms with Crippen LogP contribution >= 0.6 is 11.3 Å². The van der Waals surface area contributed by atoms with Gasteiger partial charge >= 0.3 is 0 Å². The maximum atomic E-state index is 13.3. The monoisotopic (exact) mass is 220 g/mol. The van der Waals surface area contributed by atoms with Crippen molar-refractivity contribution in [3.05, 3.63) is 46.6 Å².